The number of nitro benzene ring substituents is 1. The first-order chi connectivity index (χ1) is 14.5. The van der Waals surface area contributed by atoms with Crippen molar-refractivity contribution in [2.75, 3.05) is 19.6 Å². The molecule has 2 aliphatic heterocycles. The standard InChI is InChI=1S/C21H32N4O5Si/c1-21(2,3)31(4,5)30-17-12-18(19-22-10-11-23-19)24(13-17)20(26)29-14-15-6-8-16(9-7-15)25(27)28/h6-9,17-18H,10-14H2,1-5H3,(H,22,23)/t17-,18+/m1/s1. The van der Waals surface area contributed by atoms with Crippen molar-refractivity contribution in [3.05, 3.63) is 39.9 Å². The van der Waals surface area contributed by atoms with Gasteiger partial charge in [0.25, 0.3) is 5.69 Å². The fourth-order valence-corrected chi connectivity index (χ4v) is 4.88. The Bertz CT molecular complexity index is 850. The summed E-state index contributed by atoms with van der Waals surface area (Å²) in [6.45, 7) is 13.0. The SMILES string of the molecule is CC(C)(C)[Si](C)(C)O[C@@H]1C[C@@H](C2=NCCN2)N(C(=O)OCc2ccc([N+](=O)[O-])cc2)C1. The van der Waals surface area contributed by atoms with Gasteiger partial charge in [0, 0.05) is 31.6 Å². The lowest BCUT2D eigenvalue weighted by atomic mass is 10.2. The van der Waals surface area contributed by atoms with Gasteiger partial charge in [-0.3, -0.25) is 20.0 Å². The summed E-state index contributed by atoms with van der Waals surface area (Å²) >= 11 is 0. The van der Waals surface area contributed by atoms with Crippen molar-refractivity contribution in [3.63, 3.8) is 0 Å². The van der Waals surface area contributed by atoms with Crippen LogP contribution in [0, 0.1) is 10.1 Å². The van der Waals surface area contributed by atoms with Crippen LogP contribution in [0.25, 0.3) is 0 Å². The molecule has 2 aliphatic rings. The van der Waals surface area contributed by atoms with Gasteiger partial charge in [0.15, 0.2) is 8.32 Å². The maximum atomic E-state index is 12.9. The van der Waals surface area contributed by atoms with Crippen LogP contribution >= 0.6 is 0 Å². The second kappa shape index (κ2) is 8.95. The minimum Gasteiger partial charge on any atom is -0.445 e. The molecule has 2 heterocycles. The van der Waals surface area contributed by atoms with Gasteiger partial charge in [-0.25, -0.2) is 4.79 Å². The molecule has 0 aromatic heterocycles. The molecule has 1 aromatic carbocycles. The van der Waals surface area contributed by atoms with Crippen LogP contribution in [0.3, 0.4) is 0 Å². The van der Waals surface area contributed by atoms with Gasteiger partial charge in [0.2, 0.25) is 0 Å². The molecule has 1 amide bonds. The highest BCUT2D eigenvalue weighted by Crippen LogP contribution is 2.39. The molecule has 1 saturated heterocycles. The molecule has 0 radical (unpaired) electrons. The topological polar surface area (TPSA) is 106 Å². The molecule has 0 unspecified atom stereocenters. The van der Waals surface area contributed by atoms with E-state index in [4.69, 9.17) is 9.16 Å². The summed E-state index contributed by atoms with van der Waals surface area (Å²) in [6, 6.07) is 5.81. The number of rotatable bonds is 6. The van der Waals surface area contributed by atoms with Crippen molar-refractivity contribution in [1.29, 1.82) is 0 Å². The van der Waals surface area contributed by atoms with Crippen LogP contribution < -0.4 is 5.32 Å². The lowest BCUT2D eigenvalue weighted by molar-refractivity contribution is -0.384. The zero-order chi connectivity index (χ0) is 22.8. The Balaban J connectivity index is 1.67. The molecule has 2 atom stereocenters. The molecule has 1 fully saturated rings. The largest absolute Gasteiger partial charge is 0.445 e. The number of amidine groups is 1. The Hall–Kier alpha value is -2.46. The Morgan fingerprint density at radius 1 is 1.32 bits per heavy atom. The van der Waals surface area contributed by atoms with Crippen molar-refractivity contribution in [1.82, 2.24) is 10.2 Å². The summed E-state index contributed by atoms with van der Waals surface area (Å²) in [7, 11) is -1.98. The van der Waals surface area contributed by atoms with E-state index in [1.807, 2.05) is 0 Å². The van der Waals surface area contributed by atoms with Gasteiger partial charge in [0.1, 0.15) is 12.4 Å². The van der Waals surface area contributed by atoms with E-state index in [9.17, 15) is 14.9 Å². The Labute approximate surface area is 184 Å². The predicted octanol–water partition coefficient (Wildman–Crippen LogP) is 3.70. The lowest BCUT2D eigenvalue weighted by Crippen LogP contribution is -2.45. The van der Waals surface area contributed by atoms with Gasteiger partial charge < -0.3 is 14.5 Å². The summed E-state index contributed by atoms with van der Waals surface area (Å²) < 4.78 is 12.1. The minimum absolute atomic E-state index is 0.00521. The van der Waals surface area contributed by atoms with E-state index in [0.29, 0.717) is 25.1 Å². The van der Waals surface area contributed by atoms with E-state index < -0.39 is 19.3 Å². The number of amides is 1. The number of hydrogen-bond donors (Lipinski definition) is 1. The third-order valence-corrected chi connectivity index (χ3v) is 10.8. The Kier molecular flexibility index (Phi) is 6.70. The number of nitrogens with one attached hydrogen (secondary N) is 1. The summed E-state index contributed by atoms with van der Waals surface area (Å²) in [4.78, 5) is 29.5. The number of carbonyl (C=O) groups is 1. The van der Waals surface area contributed by atoms with Gasteiger partial charge in [-0.15, -0.1) is 0 Å². The highest BCUT2D eigenvalue weighted by Gasteiger charge is 2.45. The molecule has 9 nitrogen and oxygen atoms in total. The van der Waals surface area contributed by atoms with Crippen molar-refractivity contribution in [3.8, 4) is 0 Å². The number of likely N-dealkylation sites (tertiary alicyclic amines) is 1. The molecule has 0 bridgehead atoms. The van der Waals surface area contributed by atoms with E-state index in [1.54, 1.807) is 17.0 Å². The van der Waals surface area contributed by atoms with E-state index in [2.05, 4.69) is 44.2 Å². The monoisotopic (exact) mass is 448 g/mol. The minimum atomic E-state index is -1.98. The quantitative estimate of drug-likeness (QED) is 0.404. The van der Waals surface area contributed by atoms with Crippen molar-refractivity contribution in [2.45, 2.75) is 64.1 Å². The highest BCUT2D eigenvalue weighted by molar-refractivity contribution is 6.74. The number of hydrogen-bond acceptors (Lipinski definition) is 7. The lowest BCUT2D eigenvalue weighted by Gasteiger charge is -2.38. The summed E-state index contributed by atoms with van der Waals surface area (Å²) in [5, 5.41) is 14.2. The average Bonchev–Trinajstić information content (AvgIpc) is 3.35. The molecule has 10 heteroatoms. The smallest absolute Gasteiger partial charge is 0.410 e. The molecule has 0 saturated carbocycles. The van der Waals surface area contributed by atoms with Crippen LogP contribution in [0.1, 0.15) is 32.8 Å². The molecule has 1 N–H and O–H groups in total. The van der Waals surface area contributed by atoms with Crippen molar-refractivity contribution in [2.24, 2.45) is 4.99 Å². The van der Waals surface area contributed by atoms with Crippen LogP contribution in [-0.2, 0) is 15.8 Å². The molecular weight excluding hydrogens is 416 g/mol. The van der Waals surface area contributed by atoms with E-state index in [0.717, 1.165) is 12.4 Å². The first-order valence-corrected chi connectivity index (χ1v) is 13.5. The van der Waals surface area contributed by atoms with Crippen LogP contribution in [-0.4, -0.2) is 61.8 Å². The normalized spacial score (nSPS) is 21.6. The average molecular weight is 449 g/mol. The van der Waals surface area contributed by atoms with Crippen molar-refractivity contribution < 1.29 is 18.9 Å². The fraction of sp³-hybridized carbons (Fsp3) is 0.619. The highest BCUT2D eigenvalue weighted by atomic mass is 28.4. The number of ether oxygens (including phenoxy) is 1. The fourth-order valence-electron chi connectivity index (χ4n) is 3.52. The summed E-state index contributed by atoms with van der Waals surface area (Å²) in [5.41, 5.74) is 0.700. The van der Waals surface area contributed by atoms with E-state index in [-0.39, 0.29) is 29.5 Å². The first-order valence-electron chi connectivity index (χ1n) is 10.6. The zero-order valence-electron chi connectivity index (χ0n) is 18.9. The molecule has 1 aromatic rings. The molecular formula is C21H32N4O5Si. The van der Waals surface area contributed by atoms with Gasteiger partial charge in [-0.05, 0) is 35.8 Å². The summed E-state index contributed by atoms with van der Waals surface area (Å²) in [5.74, 6) is 0.814. The van der Waals surface area contributed by atoms with Gasteiger partial charge in [-0.2, -0.15) is 0 Å². The molecule has 31 heavy (non-hydrogen) atoms. The Morgan fingerprint density at radius 2 is 2.00 bits per heavy atom. The second-order valence-corrected chi connectivity index (χ2v) is 14.3. The van der Waals surface area contributed by atoms with Crippen LogP contribution in [0.4, 0.5) is 10.5 Å². The van der Waals surface area contributed by atoms with Gasteiger partial charge >= 0.3 is 6.09 Å². The molecule has 170 valence electrons. The van der Waals surface area contributed by atoms with E-state index >= 15 is 0 Å². The third kappa shape index (κ3) is 5.42. The molecule has 0 spiro atoms. The zero-order valence-corrected chi connectivity index (χ0v) is 19.9. The second-order valence-electron chi connectivity index (χ2n) is 9.58. The van der Waals surface area contributed by atoms with Gasteiger partial charge in [0.05, 0.1) is 23.6 Å². The third-order valence-electron chi connectivity index (χ3n) is 6.29. The first kappa shape index (κ1) is 23.2. The van der Waals surface area contributed by atoms with Crippen LogP contribution in [0.2, 0.25) is 18.1 Å². The molecule has 3 rings (SSSR count). The number of benzene rings is 1. The van der Waals surface area contributed by atoms with E-state index in [1.165, 1.54) is 12.1 Å². The number of nitrogens with zero attached hydrogens (tertiary/aromatic N) is 3. The number of carbonyl (C=O) groups excluding carboxylic acids is 1. The number of nitro groups is 1. The maximum absolute atomic E-state index is 12.9. The Morgan fingerprint density at radius 3 is 2.55 bits per heavy atom. The van der Waals surface area contributed by atoms with Crippen LogP contribution in [0.5, 0.6) is 0 Å². The van der Waals surface area contributed by atoms with Crippen LogP contribution in [0.15, 0.2) is 29.3 Å². The molecule has 0 aliphatic carbocycles. The number of aliphatic imine (C=N–C) groups is 1. The maximum Gasteiger partial charge on any atom is 0.410 e. The summed E-state index contributed by atoms with van der Waals surface area (Å²) in [6.07, 6.45) is 0.189. The number of non-ortho nitro benzene ring substituents is 1. The van der Waals surface area contributed by atoms with Gasteiger partial charge in [-0.1, -0.05) is 20.8 Å². The predicted molar refractivity (Wildman–Crippen MR) is 121 cm³/mol. The van der Waals surface area contributed by atoms with Crippen molar-refractivity contribution >= 4 is 25.9 Å².